The van der Waals surface area contributed by atoms with E-state index < -0.39 is 0 Å². The van der Waals surface area contributed by atoms with E-state index in [0.717, 1.165) is 36.6 Å². The van der Waals surface area contributed by atoms with Crippen LogP contribution in [0.25, 0.3) is 0 Å². The van der Waals surface area contributed by atoms with Gasteiger partial charge in [0, 0.05) is 18.3 Å². The Balaban J connectivity index is 1.89. The SMILES string of the molecule is OC[C@H]1CCCN1c1ccc2c(c1)OCO2. The van der Waals surface area contributed by atoms with Crippen LogP contribution in [-0.4, -0.2) is 31.1 Å². The van der Waals surface area contributed by atoms with Gasteiger partial charge in [0.25, 0.3) is 0 Å². The Morgan fingerprint density at radius 3 is 3.06 bits per heavy atom. The summed E-state index contributed by atoms with van der Waals surface area (Å²) >= 11 is 0. The lowest BCUT2D eigenvalue weighted by Gasteiger charge is -2.25. The Bertz CT molecular complexity index is 394. The fourth-order valence-corrected chi connectivity index (χ4v) is 2.43. The number of ether oxygens (including phenoxy) is 2. The van der Waals surface area contributed by atoms with Crippen LogP contribution >= 0.6 is 0 Å². The minimum Gasteiger partial charge on any atom is -0.454 e. The fraction of sp³-hybridized carbons (Fsp3) is 0.500. The van der Waals surface area contributed by atoms with Gasteiger partial charge in [-0.3, -0.25) is 0 Å². The highest BCUT2D eigenvalue weighted by atomic mass is 16.7. The molecular weight excluding hydrogens is 206 g/mol. The van der Waals surface area contributed by atoms with Gasteiger partial charge in [-0.25, -0.2) is 0 Å². The zero-order chi connectivity index (χ0) is 11.0. The first-order valence-electron chi connectivity index (χ1n) is 5.65. The lowest BCUT2D eigenvalue weighted by molar-refractivity contribution is 0.174. The van der Waals surface area contributed by atoms with E-state index >= 15 is 0 Å². The van der Waals surface area contributed by atoms with Gasteiger partial charge in [-0.2, -0.15) is 0 Å². The minimum atomic E-state index is 0.217. The monoisotopic (exact) mass is 221 g/mol. The fourth-order valence-electron chi connectivity index (χ4n) is 2.43. The highest BCUT2D eigenvalue weighted by Crippen LogP contribution is 2.37. The van der Waals surface area contributed by atoms with E-state index in [0.29, 0.717) is 6.79 Å². The van der Waals surface area contributed by atoms with Gasteiger partial charge >= 0.3 is 0 Å². The van der Waals surface area contributed by atoms with Crippen molar-refractivity contribution in [2.75, 3.05) is 24.8 Å². The van der Waals surface area contributed by atoms with Gasteiger partial charge in [0.15, 0.2) is 11.5 Å². The van der Waals surface area contributed by atoms with Crippen molar-refractivity contribution >= 4 is 5.69 Å². The average Bonchev–Trinajstić information content (AvgIpc) is 2.96. The summed E-state index contributed by atoms with van der Waals surface area (Å²) in [5.41, 5.74) is 1.11. The van der Waals surface area contributed by atoms with Crippen LogP contribution in [0.3, 0.4) is 0 Å². The molecule has 3 rings (SSSR count). The van der Waals surface area contributed by atoms with Crippen molar-refractivity contribution in [2.24, 2.45) is 0 Å². The van der Waals surface area contributed by atoms with Crippen LogP contribution in [-0.2, 0) is 0 Å². The molecule has 1 atom stereocenters. The summed E-state index contributed by atoms with van der Waals surface area (Å²) in [6.45, 7) is 1.53. The maximum atomic E-state index is 9.29. The van der Waals surface area contributed by atoms with E-state index in [9.17, 15) is 5.11 Å². The molecule has 1 aromatic rings. The molecule has 16 heavy (non-hydrogen) atoms. The molecule has 0 saturated carbocycles. The molecule has 0 amide bonds. The van der Waals surface area contributed by atoms with Crippen LogP contribution < -0.4 is 14.4 Å². The largest absolute Gasteiger partial charge is 0.454 e. The third kappa shape index (κ3) is 1.50. The van der Waals surface area contributed by atoms with Crippen LogP contribution in [0, 0.1) is 0 Å². The van der Waals surface area contributed by atoms with E-state index in [-0.39, 0.29) is 12.6 Å². The van der Waals surface area contributed by atoms with Crippen LogP contribution in [0.5, 0.6) is 11.5 Å². The number of aliphatic hydroxyl groups is 1. The molecule has 1 aromatic carbocycles. The Kier molecular flexibility index (Phi) is 2.36. The molecule has 1 fully saturated rings. The maximum Gasteiger partial charge on any atom is 0.231 e. The number of benzene rings is 1. The lowest BCUT2D eigenvalue weighted by atomic mass is 10.2. The van der Waals surface area contributed by atoms with E-state index in [1.807, 2.05) is 18.2 Å². The molecule has 1 saturated heterocycles. The van der Waals surface area contributed by atoms with Crippen LogP contribution in [0.2, 0.25) is 0 Å². The van der Waals surface area contributed by atoms with Crippen LogP contribution in [0.1, 0.15) is 12.8 Å². The summed E-state index contributed by atoms with van der Waals surface area (Å²) in [7, 11) is 0. The highest BCUT2D eigenvalue weighted by molar-refractivity contribution is 5.58. The van der Waals surface area contributed by atoms with Crippen molar-refractivity contribution in [3.05, 3.63) is 18.2 Å². The van der Waals surface area contributed by atoms with Gasteiger partial charge in [0.2, 0.25) is 6.79 Å². The molecule has 2 aliphatic heterocycles. The van der Waals surface area contributed by atoms with E-state index in [1.54, 1.807) is 0 Å². The van der Waals surface area contributed by atoms with Gasteiger partial charge < -0.3 is 19.5 Å². The summed E-state index contributed by atoms with van der Waals surface area (Å²) < 4.78 is 10.6. The standard InChI is InChI=1S/C12H15NO3/c14-7-10-2-1-5-13(10)9-3-4-11-12(6-9)16-8-15-11/h3-4,6,10,14H,1-2,5,7-8H2/t10-/m1/s1. The number of hydrogen-bond acceptors (Lipinski definition) is 4. The minimum absolute atomic E-state index is 0.217. The van der Waals surface area contributed by atoms with Crippen LogP contribution in [0.4, 0.5) is 5.69 Å². The number of nitrogens with zero attached hydrogens (tertiary/aromatic N) is 1. The van der Waals surface area contributed by atoms with Gasteiger partial charge in [0.05, 0.1) is 12.6 Å². The second-order valence-corrected chi connectivity index (χ2v) is 4.21. The first kappa shape index (κ1) is 9.78. The zero-order valence-electron chi connectivity index (χ0n) is 9.06. The zero-order valence-corrected chi connectivity index (χ0v) is 9.06. The smallest absolute Gasteiger partial charge is 0.231 e. The van der Waals surface area contributed by atoms with E-state index in [1.165, 1.54) is 0 Å². The average molecular weight is 221 g/mol. The first-order valence-corrected chi connectivity index (χ1v) is 5.65. The molecule has 1 N–H and O–H groups in total. The predicted octanol–water partition coefficient (Wildman–Crippen LogP) is 1.38. The van der Waals surface area contributed by atoms with Gasteiger partial charge in [-0.1, -0.05) is 0 Å². The van der Waals surface area contributed by atoms with Gasteiger partial charge in [-0.15, -0.1) is 0 Å². The summed E-state index contributed by atoms with van der Waals surface area (Å²) in [5, 5.41) is 9.29. The van der Waals surface area contributed by atoms with E-state index in [2.05, 4.69) is 4.90 Å². The molecule has 0 unspecified atom stereocenters. The Labute approximate surface area is 94.4 Å². The summed E-state index contributed by atoms with van der Waals surface area (Å²) in [4.78, 5) is 2.24. The maximum absolute atomic E-state index is 9.29. The Hall–Kier alpha value is -1.42. The molecule has 2 heterocycles. The summed E-state index contributed by atoms with van der Waals surface area (Å²) in [5.74, 6) is 1.62. The highest BCUT2D eigenvalue weighted by Gasteiger charge is 2.25. The number of hydrogen-bond donors (Lipinski definition) is 1. The molecule has 0 bridgehead atoms. The summed E-state index contributed by atoms with van der Waals surface area (Å²) in [6, 6.07) is 6.21. The molecule has 0 spiro atoms. The lowest BCUT2D eigenvalue weighted by Crippen LogP contribution is -2.31. The van der Waals surface area contributed by atoms with Gasteiger partial charge in [-0.05, 0) is 25.0 Å². The van der Waals surface area contributed by atoms with Crippen molar-refractivity contribution in [1.82, 2.24) is 0 Å². The normalized spacial score (nSPS) is 22.8. The second kappa shape index (κ2) is 3.87. The Morgan fingerprint density at radius 1 is 1.31 bits per heavy atom. The molecule has 86 valence electrons. The van der Waals surface area contributed by atoms with Crippen LogP contribution in [0.15, 0.2) is 18.2 Å². The molecule has 4 heteroatoms. The van der Waals surface area contributed by atoms with Crippen molar-refractivity contribution in [3.63, 3.8) is 0 Å². The molecular formula is C12H15NO3. The number of rotatable bonds is 2. The van der Waals surface area contributed by atoms with Crippen molar-refractivity contribution < 1.29 is 14.6 Å². The third-order valence-corrected chi connectivity index (χ3v) is 3.28. The van der Waals surface area contributed by atoms with Gasteiger partial charge in [0.1, 0.15) is 0 Å². The van der Waals surface area contributed by atoms with Crippen molar-refractivity contribution in [1.29, 1.82) is 0 Å². The molecule has 0 aliphatic carbocycles. The molecule has 4 nitrogen and oxygen atoms in total. The third-order valence-electron chi connectivity index (χ3n) is 3.28. The molecule has 0 radical (unpaired) electrons. The molecule has 0 aromatic heterocycles. The van der Waals surface area contributed by atoms with Crippen molar-refractivity contribution in [2.45, 2.75) is 18.9 Å². The summed E-state index contributed by atoms with van der Waals surface area (Å²) in [6.07, 6.45) is 2.20. The van der Waals surface area contributed by atoms with Crippen molar-refractivity contribution in [3.8, 4) is 11.5 Å². The van der Waals surface area contributed by atoms with E-state index in [4.69, 9.17) is 9.47 Å². The first-order chi connectivity index (χ1) is 7.88. The topological polar surface area (TPSA) is 41.9 Å². The second-order valence-electron chi connectivity index (χ2n) is 4.21. The quantitative estimate of drug-likeness (QED) is 0.819. The predicted molar refractivity (Wildman–Crippen MR) is 60.0 cm³/mol. The number of anilines is 1. The molecule has 2 aliphatic rings. The number of aliphatic hydroxyl groups excluding tert-OH is 1. The Morgan fingerprint density at radius 2 is 2.19 bits per heavy atom. The number of fused-ring (bicyclic) bond motifs is 1.